The molecule has 2 N–H and O–H groups in total. The lowest BCUT2D eigenvalue weighted by atomic mass is 9.86. The quantitative estimate of drug-likeness (QED) is 0.930. The van der Waals surface area contributed by atoms with Gasteiger partial charge >= 0.3 is 6.01 Å². The Morgan fingerprint density at radius 3 is 2.50 bits per heavy atom. The van der Waals surface area contributed by atoms with Gasteiger partial charge in [0.15, 0.2) is 0 Å². The minimum absolute atomic E-state index is 0.00286. The third-order valence-electron chi connectivity index (χ3n) is 2.99. The van der Waals surface area contributed by atoms with Gasteiger partial charge in [-0.15, -0.1) is 0 Å². The van der Waals surface area contributed by atoms with Crippen molar-refractivity contribution in [1.82, 2.24) is 9.97 Å². The Morgan fingerprint density at radius 2 is 1.85 bits per heavy atom. The Hall–Kier alpha value is -1.94. The van der Waals surface area contributed by atoms with Crippen LogP contribution < -0.4 is 10.5 Å². The molecule has 2 rings (SSSR count). The molecular formula is C16H21N3O. The van der Waals surface area contributed by atoms with Crippen LogP contribution >= 0.6 is 0 Å². The summed E-state index contributed by atoms with van der Waals surface area (Å²) >= 11 is 0. The number of rotatable bonds is 3. The molecule has 4 heteroatoms. The van der Waals surface area contributed by atoms with Crippen LogP contribution in [0.4, 0.5) is 0 Å². The first kappa shape index (κ1) is 14.5. The van der Waals surface area contributed by atoms with E-state index in [4.69, 9.17) is 10.5 Å². The lowest BCUT2D eigenvalue weighted by Crippen LogP contribution is -2.13. The fourth-order valence-corrected chi connectivity index (χ4v) is 2.03. The standard InChI is InChI=1S/C16H21N3O/c1-11-9-12(10-17)19-15(18-11)20-14-8-6-5-7-13(14)16(2,3)4/h5-9H,10,17H2,1-4H3. The second-order valence-corrected chi connectivity index (χ2v) is 5.84. The van der Waals surface area contributed by atoms with Crippen LogP contribution in [0.15, 0.2) is 30.3 Å². The molecule has 0 aliphatic heterocycles. The average Bonchev–Trinajstić information content (AvgIpc) is 2.37. The van der Waals surface area contributed by atoms with Gasteiger partial charge in [0.25, 0.3) is 0 Å². The van der Waals surface area contributed by atoms with Crippen LogP contribution in [0.3, 0.4) is 0 Å². The number of ether oxygens (including phenoxy) is 1. The number of nitrogens with two attached hydrogens (primary N) is 1. The monoisotopic (exact) mass is 271 g/mol. The average molecular weight is 271 g/mol. The van der Waals surface area contributed by atoms with E-state index in [1.807, 2.05) is 31.2 Å². The van der Waals surface area contributed by atoms with Crippen molar-refractivity contribution >= 4 is 0 Å². The van der Waals surface area contributed by atoms with Crippen LogP contribution in [-0.2, 0) is 12.0 Å². The van der Waals surface area contributed by atoms with Crippen molar-refractivity contribution < 1.29 is 4.74 Å². The Labute approximate surface area is 120 Å². The summed E-state index contributed by atoms with van der Waals surface area (Å²) in [4.78, 5) is 8.62. The van der Waals surface area contributed by atoms with Gasteiger partial charge in [0.2, 0.25) is 0 Å². The van der Waals surface area contributed by atoms with E-state index in [2.05, 4.69) is 36.8 Å². The molecule has 1 aromatic carbocycles. The summed E-state index contributed by atoms with van der Waals surface area (Å²) in [6.45, 7) is 8.73. The molecule has 0 amide bonds. The smallest absolute Gasteiger partial charge is 0.322 e. The number of benzene rings is 1. The van der Waals surface area contributed by atoms with Crippen molar-refractivity contribution in [2.45, 2.75) is 39.7 Å². The van der Waals surface area contributed by atoms with Crippen LogP contribution in [0.1, 0.15) is 37.7 Å². The molecule has 106 valence electrons. The highest BCUT2D eigenvalue weighted by Crippen LogP contribution is 2.32. The van der Waals surface area contributed by atoms with Gasteiger partial charge in [0.05, 0.1) is 5.69 Å². The molecule has 20 heavy (non-hydrogen) atoms. The van der Waals surface area contributed by atoms with Crippen molar-refractivity contribution in [3.05, 3.63) is 47.3 Å². The molecular weight excluding hydrogens is 250 g/mol. The Balaban J connectivity index is 2.38. The molecule has 0 unspecified atom stereocenters. The minimum atomic E-state index is -0.00286. The largest absolute Gasteiger partial charge is 0.424 e. The summed E-state index contributed by atoms with van der Waals surface area (Å²) < 4.78 is 5.88. The van der Waals surface area contributed by atoms with E-state index < -0.39 is 0 Å². The van der Waals surface area contributed by atoms with Crippen LogP contribution in [0.2, 0.25) is 0 Å². The van der Waals surface area contributed by atoms with Gasteiger partial charge in [-0.25, -0.2) is 4.98 Å². The molecule has 0 fully saturated rings. The van der Waals surface area contributed by atoms with Gasteiger partial charge in [-0.1, -0.05) is 39.0 Å². The zero-order valence-electron chi connectivity index (χ0n) is 12.5. The predicted octanol–water partition coefficient (Wildman–Crippen LogP) is 3.33. The SMILES string of the molecule is Cc1cc(CN)nc(Oc2ccccc2C(C)(C)C)n1. The number of nitrogens with zero attached hydrogens (tertiary/aromatic N) is 2. The summed E-state index contributed by atoms with van der Waals surface area (Å²) in [7, 11) is 0. The van der Waals surface area contributed by atoms with Crippen molar-refractivity contribution in [3.63, 3.8) is 0 Å². The van der Waals surface area contributed by atoms with E-state index in [9.17, 15) is 0 Å². The molecule has 0 aliphatic rings. The van der Waals surface area contributed by atoms with Gasteiger partial charge in [-0.2, -0.15) is 4.98 Å². The first-order valence-corrected chi connectivity index (χ1v) is 6.72. The topological polar surface area (TPSA) is 61.0 Å². The number of para-hydroxylation sites is 1. The van der Waals surface area contributed by atoms with E-state index in [0.29, 0.717) is 12.6 Å². The highest BCUT2D eigenvalue weighted by atomic mass is 16.5. The Kier molecular flexibility index (Phi) is 4.04. The van der Waals surface area contributed by atoms with Crippen LogP contribution in [-0.4, -0.2) is 9.97 Å². The zero-order chi connectivity index (χ0) is 14.8. The second-order valence-electron chi connectivity index (χ2n) is 5.84. The van der Waals surface area contributed by atoms with Crippen LogP contribution in [0, 0.1) is 6.92 Å². The predicted molar refractivity (Wildman–Crippen MR) is 79.9 cm³/mol. The lowest BCUT2D eigenvalue weighted by molar-refractivity contribution is 0.419. The molecule has 0 radical (unpaired) electrons. The Bertz CT molecular complexity index is 603. The molecule has 2 aromatic rings. The van der Waals surface area contributed by atoms with Crippen molar-refractivity contribution in [2.24, 2.45) is 5.73 Å². The third-order valence-corrected chi connectivity index (χ3v) is 2.99. The minimum Gasteiger partial charge on any atom is -0.424 e. The highest BCUT2D eigenvalue weighted by molar-refractivity contribution is 5.39. The molecule has 0 bridgehead atoms. The molecule has 0 saturated carbocycles. The van der Waals surface area contributed by atoms with Gasteiger partial charge in [-0.05, 0) is 24.5 Å². The third kappa shape index (κ3) is 3.33. The van der Waals surface area contributed by atoms with E-state index >= 15 is 0 Å². The summed E-state index contributed by atoms with van der Waals surface area (Å²) in [5.74, 6) is 0.786. The second kappa shape index (κ2) is 5.59. The maximum Gasteiger partial charge on any atom is 0.322 e. The molecule has 0 spiro atoms. The summed E-state index contributed by atoms with van der Waals surface area (Å²) in [6.07, 6.45) is 0. The van der Waals surface area contributed by atoms with Crippen molar-refractivity contribution in [2.75, 3.05) is 0 Å². The van der Waals surface area contributed by atoms with Crippen LogP contribution in [0.5, 0.6) is 11.8 Å². The van der Waals surface area contributed by atoms with E-state index in [-0.39, 0.29) is 5.41 Å². The molecule has 0 saturated heterocycles. The Morgan fingerprint density at radius 1 is 1.15 bits per heavy atom. The first-order chi connectivity index (χ1) is 9.40. The molecule has 0 aliphatic carbocycles. The normalized spacial score (nSPS) is 11.4. The summed E-state index contributed by atoms with van der Waals surface area (Å²) in [6, 6.07) is 10.2. The van der Waals surface area contributed by atoms with Gasteiger partial charge < -0.3 is 10.5 Å². The molecule has 4 nitrogen and oxygen atoms in total. The fraction of sp³-hybridized carbons (Fsp3) is 0.375. The maximum absolute atomic E-state index is 5.88. The molecule has 1 heterocycles. The molecule has 0 atom stereocenters. The van der Waals surface area contributed by atoms with Crippen LogP contribution in [0.25, 0.3) is 0 Å². The number of hydrogen-bond acceptors (Lipinski definition) is 4. The number of aryl methyl sites for hydroxylation is 1. The van der Waals surface area contributed by atoms with Gasteiger partial charge in [-0.3, -0.25) is 0 Å². The van der Waals surface area contributed by atoms with Crippen molar-refractivity contribution in [3.8, 4) is 11.8 Å². The maximum atomic E-state index is 5.88. The van der Waals surface area contributed by atoms with E-state index in [1.54, 1.807) is 0 Å². The molecule has 1 aromatic heterocycles. The number of aromatic nitrogens is 2. The highest BCUT2D eigenvalue weighted by Gasteiger charge is 2.19. The van der Waals surface area contributed by atoms with E-state index in [1.165, 1.54) is 0 Å². The van der Waals surface area contributed by atoms with Gasteiger partial charge in [0, 0.05) is 17.8 Å². The summed E-state index contributed by atoms with van der Waals surface area (Å²) in [5.41, 5.74) is 8.38. The van der Waals surface area contributed by atoms with E-state index in [0.717, 1.165) is 22.7 Å². The first-order valence-electron chi connectivity index (χ1n) is 6.72. The summed E-state index contributed by atoms with van der Waals surface area (Å²) in [5, 5.41) is 0. The van der Waals surface area contributed by atoms with Gasteiger partial charge in [0.1, 0.15) is 5.75 Å². The fourth-order valence-electron chi connectivity index (χ4n) is 2.03. The number of hydrogen-bond donors (Lipinski definition) is 1. The lowest BCUT2D eigenvalue weighted by Gasteiger charge is -2.22. The van der Waals surface area contributed by atoms with Crippen molar-refractivity contribution in [1.29, 1.82) is 0 Å². The zero-order valence-corrected chi connectivity index (χ0v) is 12.5.